The van der Waals surface area contributed by atoms with Crippen LogP contribution in [-0.2, 0) is 6.54 Å². The standard InChI is InChI=1S/C24H26FN3/c25-21-7-4-8-22-23(21)26-24(17-9-10-17)28(22)20-13-18-11-12-19(14-20)27(18)15-16-5-2-1-3-6-16/h1-8,17-20H,9-15H2. The van der Waals surface area contributed by atoms with E-state index < -0.39 is 0 Å². The normalized spacial score (nSPS) is 27.5. The SMILES string of the molecule is Fc1cccc2c1nc(C1CC1)n2C1CC2CCC(C1)N2Cc1ccccc1. The third kappa shape index (κ3) is 2.69. The number of aromatic nitrogens is 2. The number of fused-ring (bicyclic) bond motifs is 3. The molecule has 6 rings (SSSR count). The van der Waals surface area contributed by atoms with Crippen LogP contribution in [0.15, 0.2) is 48.5 Å². The quantitative estimate of drug-likeness (QED) is 0.607. The summed E-state index contributed by atoms with van der Waals surface area (Å²) in [6.07, 6.45) is 7.28. The molecule has 3 heterocycles. The molecule has 144 valence electrons. The Bertz CT molecular complexity index is 993. The molecule has 2 bridgehead atoms. The zero-order chi connectivity index (χ0) is 18.7. The number of hydrogen-bond acceptors (Lipinski definition) is 2. The molecule has 0 radical (unpaired) electrons. The Hall–Kier alpha value is -2.20. The molecule has 3 aromatic rings. The van der Waals surface area contributed by atoms with Crippen LogP contribution >= 0.6 is 0 Å². The van der Waals surface area contributed by atoms with E-state index in [2.05, 4.69) is 45.9 Å². The summed E-state index contributed by atoms with van der Waals surface area (Å²) < 4.78 is 16.8. The molecule has 1 aliphatic carbocycles. The van der Waals surface area contributed by atoms with Gasteiger partial charge in [-0.05, 0) is 56.2 Å². The van der Waals surface area contributed by atoms with Crippen LogP contribution in [0.1, 0.15) is 61.9 Å². The van der Waals surface area contributed by atoms with E-state index in [0.717, 1.165) is 30.7 Å². The molecule has 2 atom stereocenters. The van der Waals surface area contributed by atoms with Gasteiger partial charge in [0.25, 0.3) is 0 Å². The fourth-order valence-electron chi connectivity index (χ4n) is 5.62. The Morgan fingerprint density at radius 3 is 2.32 bits per heavy atom. The summed E-state index contributed by atoms with van der Waals surface area (Å²) in [6, 6.07) is 18.0. The van der Waals surface area contributed by atoms with Crippen LogP contribution in [0.25, 0.3) is 11.0 Å². The van der Waals surface area contributed by atoms with Gasteiger partial charge in [0.05, 0.1) is 5.52 Å². The number of nitrogens with zero attached hydrogens (tertiary/aromatic N) is 3. The molecule has 28 heavy (non-hydrogen) atoms. The average Bonchev–Trinajstić information content (AvgIpc) is 3.44. The van der Waals surface area contributed by atoms with E-state index in [1.807, 2.05) is 6.07 Å². The van der Waals surface area contributed by atoms with E-state index in [0.29, 0.717) is 29.6 Å². The first-order valence-electron chi connectivity index (χ1n) is 10.7. The Labute approximate surface area is 165 Å². The lowest BCUT2D eigenvalue weighted by atomic mass is 9.95. The molecular formula is C24H26FN3. The second kappa shape index (κ2) is 6.41. The topological polar surface area (TPSA) is 21.1 Å². The van der Waals surface area contributed by atoms with Crippen molar-refractivity contribution < 1.29 is 4.39 Å². The van der Waals surface area contributed by atoms with Crippen molar-refractivity contribution in [2.75, 3.05) is 0 Å². The lowest BCUT2D eigenvalue weighted by molar-refractivity contribution is 0.0996. The van der Waals surface area contributed by atoms with Crippen molar-refractivity contribution in [2.45, 2.75) is 69.1 Å². The first-order valence-corrected chi connectivity index (χ1v) is 10.7. The van der Waals surface area contributed by atoms with Crippen molar-refractivity contribution >= 4 is 11.0 Å². The second-order valence-electron chi connectivity index (χ2n) is 8.89. The maximum atomic E-state index is 14.4. The predicted octanol–water partition coefficient (Wildman–Crippen LogP) is 5.42. The summed E-state index contributed by atoms with van der Waals surface area (Å²) in [6.45, 7) is 1.05. The van der Waals surface area contributed by atoms with Crippen molar-refractivity contribution in [3.8, 4) is 0 Å². The van der Waals surface area contributed by atoms with E-state index in [1.54, 1.807) is 6.07 Å². The van der Waals surface area contributed by atoms with E-state index in [-0.39, 0.29) is 5.82 Å². The van der Waals surface area contributed by atoms with Crippen LogP contribution in [0.3, 0.4) is 0 Å². The number of imidazole rings is 1. The van der Waals surface area contributed by atoms with E-state index in [1.165, 1.54) is 31.2 Å². The highest BCUT2D eigenvalue weighted by atomic mass is 19.1. The molecule has 3 fully saturated rings. The predicted molar refractivity (Wildman–Crippen MR) is 109 cm³/mol. The summed E-state index contributed by atoms with van der Waals surface area (Å²) in [5.41, 5.74) is 2.98. The van der Waals surface area contributed by atoms with Gasteiger partial charge >= 0.3 is 0 Å². The summed E-state index contributed by atoms with van der Waals surface area (Å²) in [7, 11) is 0. The zero-order valence-corrected chi connectivity index (χ0v) is 16.1. The fourth-order valence-corrected chi connectivity index (χ4v) is 5.62. The third-order valence-corrected chi connectivity index (χ3v) is 7.07. The van der Waals surface area contributed by atoms with Crippen molar-refractivity contribution in [1.82, 2.24) is 14.5 Å². The Morgan fingerprint density at radius 1 is 0.857 bits per heavy atom. The molecule has 3 aliphatic rings. The van der Waals surface area contributed by atoms with Gasteiger partial charge in [0.15, 0.2) is 5.82 Å². The van der Waals surface area contributed by atoms with E-state index >= 15 is 0 Å². The van der Waals surface area contributed by atoms with Gasteiger partial charge in [-0.1, -0.05) is 36.4 Å². The third-order valence-electron chi connectivity index (χ3n) is 7.07. The van der Waals surface area contributed by atoms with E-state index in [4.69, 9.17) is 4.98 Å². The minimum absolute atomic E-state index is 0.178. The maximum absolute atomic E-state index is 14.4. The molecule has 0 N–H and O–H groups in total. The Kier molecular flexibility index (Phi) is 3.83. The van der Waals surface area contributed by atoms with Gasteiger partial charge < -0.3 is 4.57 Å². The molecule has 0 spiro atoms. The first-order chi connectivity index (χ1) is 13.8. The van der Waals surface area contributed by atoms with Gasteiger partial charge in [-0.15, -0.1) is 0 Å². The summed E-state index contributed by atoms with van der Waals surface area (Å²) in [4.78, 5) is 7.51. The van der Waals surface area contributed by atoms with Crippen LogP contribution in [0, 0.1) is 5.82 Å². The van der Waals surface area contributed by atoms with E-state index in [9.17, 15) is 4.39 Å². The molecule has 2 aromatic carbocycles. The van der Waals surface area contributed by atoms with Crippen LogP contribution in [0.5, 0.6) is 0 Å². The number of para-hydroxylation sites is 1. The number of benzene rings is 2. The van der Waals surface area contributed by atoms with Crippen molar-refractivity contribution in [1.29, 1.82) is 0 Å². The molecule has 2 unspecified atom stereocenters. The van der Waals surface area contributed by atoms with Crippen molar-refractivity contribution in [3.05, 3.63) is 65.7 Å². The molecule has 0 amide bonds. The molecule has 1 saturated carbocycles. The van der Waals surface area contributed by atoms with Gasteiger partial charge in [0.1, 0.15) is 11.3 Å². The van der Waals surface area contributed by atoms with Gasteiger partial charge in [-0.2, -0.15) is 0 Å². The van der Waals surface area contributed by atoms with Crippen LogP contribution in [-0.4, -0.2) is 26.5 Å². The molecular weight excluding hydrogens is 349 g/mol. The lowest BCUT2D eigenvalue weighted by Crippen LogP contribution is -2.43. The summed E-state index contributed by atoms with van der Waals surface area (Å²) in [5.74, 6) is 1.50. The Balaban J connectivity index is 1.33. The second-order valence-corrected chi connectivity index (χ2v) is 8.89. The highest BCUT2D eigenvalue weighted by Crippen LogP contribution is 2.47. The van der Waals surface area contributed by atoms with Gasteiger partial charge in [0, 0.05) is 30.6 Å². The van der Waals surface area contributed by atoms with Gasteiger partial charge in [-0.25, -0.2) is 9.37 Å². The minimum Gasteiger partial charge on any atom is -0.324 e. The lowest BCUT2D eigenvalue weighted by Gasteiger charge is -2.40. The number of rotatable bonds is 4. The minimum atomic E-state index is -0.178. The molecule has 3 nitrogen and oxygen atoms in total. The first kappa shape index (κ1) is 16.7. The number of halogens is 1. The monoisotopic (exact) mass is 375 g/mol. The van der Waals surface area contributed by atoms with Gasteiger partial charge in [-0.3, -0.25) is 4.90 Å². The average molecular weight is 375 g/mol. The number of piperidine rings is 1. The fraction of sp³-hybridized carbons (Fsp3) is 0.458. The molecule has 4 heteroatoms. The van der Waals surface area contributed by atoms with Crippen LogP contribution in [0.2, 0.25) is 0 Å². The van der Waals surface area contributed by atoms with Crippen LogP contribution in [0.4, 0.5) is 4.39 Å². The maximum Gasteiger partial charge on any atom is 0.151 e. The number of hydrogen-bond donors (Lipinski definition) is 0. The van der Waals surface area contributed by atoms with Gasteiger partial charge in [0.2, 0.25) is 0 Å². The largest absolute Gasteiger partial charge is 0.324 e. The molecule has 2 aliphatic heterocycles. The summed E-state index contributed by atoms with van der Waals surface area (Å²) >= 11 is 0. The van der Waals surface area contributed by atoms with Crippen molar-refractivity contribution in [2.24, 2.45) is 0 Å². The highest BCUT2D eigenvalue weighted by molar-refractivity contribution is 5.77. The smallest absolute Gasteiger partial charge is 0.151 e. The highest BCUT2D eigenvalue weighted by Gasteiger charge is 2.43. The zero-order valence-electron chi connectivity index (χ0n) is 16.1. The van der Waals surface area contributed by atoms with Crippen LogP contribution < -0.4 is 0 Å². The molecule has 2 saturated heterocycles. The summed E-state index contributed by atoms with van der Waals surface area (Å²) in [5, 5.41) is 0. The Morgan fingerprint density at radius 2 is 1.61 bits per heavy atom. The van der Waals surface area contributed by atoms with Crippen molar-refractivity contribution in [3.63, 3.8) is 0 Å². The molecule has 1 aromatic heterocycles.